The number of para-hydroxylation sites is 1. The molecule has 37 heavy (non-hydrogen) atoms. The molecule has 0 atom stereocenters. The number of nitrogens with zero attached hydrogens (tertiary/aromatic N) is 2. The minimum atomic E-state index is -0.0384. The summed E-state index contributed by atoms with van der Waals surface area (Å²) in [5.41, 5.74) is 16.4. The highest BCUT2D eigenvalue weighted by Gasteiger charge is 2.21. The number of benzene rings is 3. The number of amides is 1. The monoisotopic (exact) mass is 494 g/mol. The Hall–Kier alpha value is -4.69. The minimum absolute atomic E-state index is 0.0384. The summed E-state index contributed by atoms with van der Waals surface area (Å²) >= 11 is 0. The number of anilines is 1. The van der Waals surface area contributed by atoms with E-state index in [9.17, 15) is 4.79 Å². The highest BCUT2D eigenvalue weighted by Crippen LogP contribution is 2.33. The molecule has 8 heteroatoms. The zero-order valence-electron chi connectivity index (χ0n) is 20.3. The van der Waals surface area contributed by atoms with Crippen molar-refractivity contribution in [2.75, 3.05) is 32.0 Å². The van der Waals surface area contributed by atoms with Gasteiger partial charge in [0.15, 0.2) is 0 Å². The van der Waals surface area contributed by atoms with Gasteiger partial charge in [-0.1, -0.05) is 42.5 Å². The molecule has 0 spiro atoms. The van der Waals surface area contributed by atoms with Crippen LogP contribution in [0.1, 0.15) is 15.9 Å². The maximum absolute atomic E-state index is 13.0. The van der Waals surface area contributed by atoms with Crippen molar-refractivity contribution in [3.05, 3.63) is 96.1 Å². The van der Waals surface area contributed by atoms with Crippen LogP contribution in [0.5, 0.6) is 11.5 Å². The summed E-state index contributed by atoms with van der Waals surface area (Å²) in [7, 11) is 0. The van der Waals surface area contributed by atoms with Crippen molar-refractivity contribution in [2.24, 2.45) is 5.73 Å². The van der Waals surface area contributed by atoms with Gasteiger partial charge < -0.3 is 20.1 Å². The molecule has 0 saturated carbocycles. The lowest BCUT2D eigenvalue weighted by Crippen LogP contribution is -2.47. The maximum Gasteiger partial charge on any atom is 0.275 e. The van der Waals surface area contributed by atoms with E-state index in [4.69, 9.17) is 26.4 Å². The number of hydrogen-bond donors (Lipinski definition) is 3. The molecule has 0 radical (unpaired) electrons. The summed E-state index contributed by atoms with van der Waals surface area (Å²) in [6.45, 7) is 2.23. The van der Waals surface area contributed by atoms with Crippen molar-refractivity contribution >= 4 is 17.6 Å². The SMILES string of the molecule is NC(=[NH2+])c1c(-c2ccc(Oc3ccccc3)cc2)cc(-c2cccc(C(=O)N3CCOCC3)c2)nc1N. The summed E-state index contributed by atoms with van der Waals surface area (Å²) in [6.07, 6.45) is 0. The van der Waals surface area contributed by atoms with Crippen LogP contribution in [-0.4, -0.2) is 47.9 Å². The summed E-state index contributed by atoms with van der Waals surface area (Å²) < 4.78 is 11.3. The first-order valence-corrected chi connectivity index (χ1v) is 12.0. The molecule has 2 heterocycles. The minimum Gasteiger partial charge on any atom is -0.457 e. The Morgan fingerprint density at radius 1 is 0.892 bits per heavy atom. The summed E-state index contributed by atoms with van der Waals surface area (Å²) in [4.78, 5) is 19.4. The molecular formula is C29H28N5O3+. The van der Waals surface area contributed by atoms with Crippen molar-refractivity contribution in [1.29, 1.82) is 0 Å². The van der Waals surface area contributed by atoms with E-state index in [1.807, 2.05) is 78.9 Å². The van der Waals surface area contributed by atoms with Gasteiger partial charge in [-0.05, 0) is 48.0 Å². The van der Waals surface area contributed by atoms with Gasteiger partial charge in [-0.2, -0.15) is 0 Å². The largest absolute Gasteiger partial charge is 0.457 e. The molecule has 1 aliphatic rings. The Kier molecular flexibility index (Phi) is 6.83. The van der Waals surface area contributed by atoms with Gasteiger partial charge in [-0.25, -0.2) is 4.98 Å². The number of ether oxygens (including phenoxy) is 2. The Balaban J connectivity index is 1.49. The Bertz CT molecular complexity index is 1430. The number of carbonyl (C=O) groups excluding carboxylic acids is 1. The summed E-state index contributed by atoms with van der Waals surface area (Å²) in [5.74, 6) is 1.69. The predicted molar refractivity (Wildman–Crippen MR) is 143 cm³/mol. The number of carbonyl (C=O) groups is 1. The second kappa shape index (κ2) is 10.5. The Morgan fingerprint density at radius 3 is 2.30 bits per heavy atom. The van der Waals surface area contributed by atoms with Crippen LogP contribution < -0.4 is 21.6 Å². The highest BCUT2D eigenvalue weighted by atomic mass is 16.5. The fourth-order valence-electron chi connectivity index (χ4n) is 4.33. The van der Waals surface area contributed by atoms with Crippen LogP contribution in [0, 0.1) is 0 Å². The predicted octanol–water partition coefficient (Wildman–Crippen LogP) is 2.73. The van der Waals surface area contributed by atoms with Crippen LogP contribution in [0.4, 0.5) is 5.82 Å². The Morgan fingerprint density at radius 2 is 1.59 bits per heavy atom. The van der Waals surface area contributed by atoms with Crippen LogP contribution in [0.15, 0.2) is 84.9 Å². The molecule has 6 N–H and O–H groups in total. The van der Waals surface area contributed by atoms with E-state index in [0.717, 1.165) is 22.4 Å². The lowest BCUT2D eigenvalue weighted by molar-refractivity contribution is -0.114. The summed E-state index contributed by atoms with van der Waals surface area (Å²) in [6, 6.07) is 26.4. The number of hydrogen-bond acceptors (Lipinski definition) is 5. The number of nitrogen functional groups attached to an aromatic ring is 1. The fraction of sp³-hybridized carbons (Fsp3) is 0.138. The first-order valence-electron chi connectivity index (χ1n) is 12.0. The molecule has 186 valence electrons. The van der Waals surface area contributed by atoms with Crippen molar-refractivity contribution in [3.63, 3.8) is 0 Å². The van der Waals surface area contributed by atoms with E-state index in [1.165, 1.54) is 0 Å². The van der Waals surface area contributed by atoms with Gasteiger partial charge in [0.2, 0.25) is 0 Å². The van der Waals surface area contributed by atoms with Gasteiger partial charge >= 0.3 is 0 Å². The van der Waals surface area contributed by atoms with Crippen molar-refractivity contribution in [1.82, 2.24) is 9.88 Å². The maximum atomic E-state index is 13.0. The lowest BCUT2D eigenvalue weighted by Gasteiger charge is -2.27. The van der Waals surface area contributed by atoms with Gasteiger partial charge in [0.05, 0.1) is 18.9 Å². The van der Waals surface area contributed by atoms with Crippen LogP contribution in [0.25, 0.3) is 22.4 Å². The van der Waals surface area contributed by atoms with E-state index in [-0.39, 0.29) is 17.6 Å². The molecule has 4 aromatic rings. The van der Waals surface area contributed by atoms with E-state index in [0.29, 0.717) is 48.9 Å². The number of morpholine rings is 1. The molecule has 0 unspecified atom stereocenters. The third-order valence-corrected chi connectivity index (χ3v) is 6.18. The number of aromatic nitrogens is 1. The van der Waals surface area contributed by atoms with Gasteiger partial charge in [0.25, 0.3) is 11.7 Å². The average Bonchev–Trinajstić information content (AvgIpc) is 2.93. The van der Waals surface area contributed by atoms with E-state index < -0.39 is 0 Å². The van der Waals surface area contributed by atoms with Gasteiger partial charge in [-0.3, -0.25) is 15.9 Å². The molecule has 1 saturated heterocycles. The van der Waals surface area contributed by atoms with E-state index >= 15 is 0 Å². The highest BCUT2D eigenvalue weighted by molar-refractivity contribution is 6.04. The normalized spacial score (nSPS) is 13.2. The van der Waals surface area contributed by atoms with Crippen molar-refractivity contribution in [3.8, 4) is 33.9 Å². The number of nitrogens with two attached hydrogens (primary N) is 3. The molecule has 1 aliphatic heterocycles. The number of rotatable bonds is 6. The molecule has 5 rings (SSSR count). The lowest BCUT2D eigenvalue weighted by atomic mass is 9.96. The molecular weight excluding hydrogens is 466 g/mol. The second-order valence-corrected chi connectivity index (χ2v) is 8.70. The van der Waals surface area contributed by atoms with Crippen molar-refractivity contribution in [2.45, 2.75) is 0 Å². The van der Waals surface area contributed by atoms with Gasteiger partial charge in [0.1, 0.15) is 22.9 Å². The van der Waals surface area contributed by atoms with Crippen LogP contribution in [0.3, 0.4) is 0 Å². The second-order valence-electron chi connectivity index (χ2n) is 8.70. The third-order valence-electron chi connectivity index (χ3n) is 6.18. The fourth-order valence-corrected chi connectivity index (χ4v) is 4.33. The zero-order valence-corrected chi connectivity index (χ0v) is 20.3. The average molecular weight is 495 g/mol. The van der Waals surface area contributed by atoms with Crippen LogP contribution in [0.2, 0.25) is 0 Å². The standard InChI is InChI=1S/C29H27N5O3/c30-27(31)26-24(19-9-11-23(12-10-19)37-22-7-2-1-3-8-22)18-25(33-28(26)32)20-5-4-6-21(17-20)29(35)34-13-15-36-16-14-34/h1-12,17-18H,13-16H2,(H3,30,31)(H2,32,33)/p+1. The van der Waals surface area contributed by atoms with Crippen LogP contribution in [-0.2, 0) is 4.74 Å². The third kappa shape index (κ3) is 5.29. The molecule has 1 fully saturated rings. The molecule has 0 aliphatic carbocycles. The number of amidine groups is 1. The van der Waals surface area contributed by atoms with Gasteiger partial charge in [0, 0.05) is 29.8 Å². The summed E-state index contributed by atoms with van der Waals surface area (Å²) in [5, 5.41) is 6.01. The number of pyridine rings is 1. The smallest absolute Gasteiger partial charge is 0.275 e. The van der Waals surface area contributed by atoms with Gasteiger partial charge in [-0.15, -0.1) is 0 Å². The Labute approximate surface area is 215 Å². The molecule has 1 aromatic heterocycles. The molecule has 3 aromatic carbocycles. The molecule has 8 nitrogen and oxygen atoms in total. The van der Waals surface area contributed by atoms with E-state index in [1.54, 1.807) is 11.0 Å². The zero-order chi connectivity index (χ0) is 25.8. The molecule has 1 amide bonds. The first kappa shape index (κ1) is 24.0. The first-order chi connectivity index (χ1) is 18.0. The quantitative estimate of drug-likeness (QED) is 0.279. The molecule has 0 bridgehead atoms. The van der Waals surface area contributed by atoms with Crippen molar-refractivity contribution < 1.29 is 19.7 Å². The van der Waals surface area contributed by atoms with E-state index in [2.05, 4.69) is 4.98 Å². The van der Waals surface area contributed by atoms with Crippen LogP contribution >= 0.6 is 0 Å². The topological polar surface area (TPSA) is 129 Å².